The number of ether oxygens (including phenoxy) is 1. The van der Waals surface area contributed by atoms with Crippen molar-refractivity contribution in [2.75, 3.05) is 0 Å². The molecule has 0 saturated heterocycles. The fourth-order valence-corrected chi connectivity index (χ4v) is 4.85. The normalized spacial score (nSPS) is 14.7. The van der Waals surface area contributed by atoms with Gasteiger partial charge in [-0.15, -0.1) is 0 Å². The molecule has 0 amide bonds. The van der Waals surface area contributed by atoms with E-state index >= 15 is 0 Å². The molecule has 0 fully saturated rings. The number of benzene rings is 4. The largest absolute Gasteiger partial charge is 0.508 e. The number of aromatic hydroxyl groups is 1. The third-order valence-electron chi connectivity index (χ3n) is 5.83. The highest BCUT2D eigenvalue weighted by Crippen LogP contribution is 2.62. The number of hydrogen-bond donors (Lipinski definition) is 1. The molecule has 128 valence electrons. The SMILES string of the molecule is Oc1ccc2c(c1)Oc1ccccc1C21c2ccccc2-c2ccccc21. The Hall–Kier alpha value is -3.52. The summed E-state index contributed by atoms with van der Waals surface area (Å²) in [4.78, 5) is 0. The van der Waals surface area contributed by atoms with E-state index in [9.17, 15) is 5.11 Å². The molecular weight excluding hydrogens is 332 g/mol. The zero-order valence-corrected chi connectivity index (χ0v) is 14.5. The Labute approximate surface area is 157 Å². The van der Waals surface area contributed by atoms with E-state index in [0.29, 0.717) is 5.75 Å². The maximum Gasteiger partial charge on any atom is 0.135 e. The van der Waals surface area contributed by atoms with E-state index in [0.717, 1.165) is 16.9 Å². The zero-order valence-electron chi connectivity index (χ0n) is 14.5. The number of para-hydroxylation sites is 1. The molecule has 1 N–H and O–H groups in total. The minimum atomic E-state index is -0.439. The highest BCUT2D eigenvalue weighted by molar-refractivity contribution is 5.88. The Bertz CT molecular complexity index is 1180. The number of fused-ring (bicyclic) bond motifs is 9. The molecule has 4 aromatic carbocycles. The zero-order chi connectivity index (χ0) is 18.0. The topological polar surface area (TPSA) is 29.5 Å². The lowest BCUT2D eigenvalue weighted by molar-refractivity contribution is 0.424. The number of rotatable bonds is 0. The summed E-state index contributed by atoms with van der Waals surface area (Å²) in [5.74, 6) is 1.75. The van der Waals surface area contributed by atoms with Crippen molar-refractivity contribution in [3.05, 3.63) is 113 Å². The molecule has 2 heteroatoms. The average molecular weight is 348 g/mol. The summed E-state index contributed by atoms with van der Waals surface area (Å²) in [7, 11) is 0. The standard InChI is InChI=1S/C25H16O2/c26-16-13-14-22-24(15-16)27-23-12-6-5-11-21(23)25(22)19-9-3-1-7-17(19)18-8-2-4-10-20(18)25/h1-15,26H. The van der Waals surface area contributed by atoms with Crippen LogP contribution in [0.15, 0.2) is 91.0 Å². The van der Waals surface area contributed by atoms with Crippen molar-refractivity contribution in [1.29, 1.82) is 0 Å². The van der Waals surface area contributed by atoms with E-state index in [1.807, 2.05) is 18.2 Å². The molecule has 0 bridgehead atoms. The van der Waals surface area contributed by atoms with Crippen molar-refractivity contribution in [3.63, 3.8) is 0 Å². The van der Waals surface area contributed by atoms with Crippen LogP contribution in [0.5, 0.6) is 17.2 Å². The first-order chi connectivity index (χ1) is 13.3. The van der Waals surface area contributed by atoms with Crippen LogP contribution in [-0.2, 0) is 5.41 Å². The van der Waals surface area contributed by atoms with E-state index in [2.05, 4.69) is 60.7 Å². The number of phenols is 1. The van der Waals surface area contributed by atoms with E-state index in [4.69, 9.17) is 4.74 Å². The molecule has 2 nitrogen and oxygen atoms in total. The first-order valence-electron chi connectivity index (χ1n) is 9.10. The second-order valence-corrected chi connectivity index (χ2v) is 7.12. The van der Waals surface area contributed by atoms with E-state index in [-0.39, 0.29) is 5.75 Å². The van der Waals surface area contributed by atoms with Gasteiger partial charge in [0.25, 0.3) is 0 Å². The van der Waals surface area contributed by atoms with Crippen LogP contribution in [-0.4, -0.2) is 5.11 Å². The van der Waals surface area contributed by atoms with Crippen LogP contribution in [0.2, 0.25) is 0 Å². The van der Waals surface area contributed by atoms with Crippen LogP contribution in [0.4, 0.5) is 0 Å². The van der Waals surface area contributed by atoms with Crippen molar-refractivity contribution in [2.24, 2.45) is 0 Å². The fourth-order valence-electron chi connectivity index (χ4n) is 4.85. The molecule has 6 rings (SSSR count). The lowest BCUT2D eigenvalue weighted by Crippen LogP contribution is -2.32. The van der Waals surface area contributed by atoms with Crippen LogP contribution in [0.3, 0.4) is 0 Å². The average Bonchev–Trinajstić information content (AvgIpc) is 3.00. The first-order valence-corrected chi connectivity index (χ1v) is 9.10. The molecule has 0 aromatic heterocycles. The fraction of sp³-hybridized carbons (Fsp3) is 0.0400. The van der Waals surface area contributed by atoms with Crippen LogP contribution in [0, 0.1) is 0 Å². The minimum Gasteiger partial charge on any atom is -0.508 e. The van der Waals surface area contributed by atoms with Gasteiger partial charge in [0.05, 0.1) is 5.41 Å². The Morgan fingerprint density at radius 3 is 1.81 bits per heavy atom. The van der Waals surface area contributed by atoms with Gasteiger partial charge < -0.3 is 9.84 Å². The summed E-state index contributed by atoms with van der Waals surface area (Å²) < 4.78 is 6.22. The molecule has 0 radical (unpaired) electrons. The van der Waals surface area contributed by atoms with Gasteiger partial charge in [-0.3, -0.25) is 0 Å². The third kappa shape index (κ3) is 1.70. The van der Waals surface area contributed by atoms with Gasteiger partial charge >= 0.3 is 0 Å². The summed E-state index contributed by atoms with van der Waals surface area (Å²) in [5.41, 5.74) is 6.79. The second-order valence-electron chi connectivity index (χ2n) is 7.12. The monoisotopic (exact) mass is 348 g/mol. The highest BCUT2D eigenvalue weighted by Gasteiger charge is 2.50. The van der Waals surface area contributed by atoms with Crippen LogP contribution in [0.25, 0.3) is 11.1 Å². The van der Waals surface area contributed by atoms with Gasteiger partial charge in [-0.25, -0.2) is 0 Å². The van der Waals surface area contributed by atoms with Crippen LogP contribution < -0.4 is 4.74 Å². The summed E-state index contributed by atoms with van der Waals surface area (Å²) in [6, 6.07) is 30.9. The van der Waals surface area contributed by atoms with E-state index < -0.39 is 5.41 Å². The van der Waals surface area contributed by atoms with Gasteiger partial charge in [0.2, 0.25) is 0 Å². The molecule has 0 atom stereocenters. The van der Waals surface area contributed by atoms with E-state index in [1.54, 1.807) is 12.1 Å². The molecule has 1 aliphatic heterocycles. The summed E-state index contributed by atoms with van der Waals surface area (Å²) in [6.45, 7) is 0. The minimum absolute atomic E-state index is 0.211. The summed E-state index contributed by atoms with van der Waals surface area (Å²) in [6.07, 6.45) is 0. The lowest BCUT2D eigenvalue weighted by Gasteiger charge is -2.39. The molecule has 27 heavy (non-hydrogen) atoms. The van der Waals surface area contributed by atoms with Crippen LogP contribution in [0.1, 0.15) is 22.3 Å². The molecule has 1 spiro atoms. The smallest absolute Gasteiger partial charge is 0.135 e. The molecule has 1 heterocycles. The van der Waals surface area contributed by atoms with Crippen molar-refractivity contribution in [2.45, 2.75) is 5.41 Å². The predicted molar refractivity (Wildman–Crippen MR) is 105 cm³/mol. The van der Waals surface area contributed by atoms with Gasteiger partial charge in [0, 0.05) is 17.2 Å². The molecule has 0 unspecified atom stereocenters. The van der Waals surface area contributed by atoms with Crippen LogP contribution >= 0.6 is 0 Å². The quantitative estimate of drug-likeness (QED) is 0.372. The van der Waals surface area contributed by atoms with Crippen molar-refractivity contribution in [1.82, 2.24) is 0 Å². The number of phenolic OH excluding ortho intramolecular Hbond substituents is 1. The van der Waals surface area contributed by atoms with Gasteiger partial charge in [0.15, 0.2) is 0 Å². The first kappa shape index (κ1) is 14.6. The summed E-state index contributed by atoms with van der Waals surface area (Å²) >= 11 is 0. The van der Waals surface area contributed by atoms with Gasteiger partial charge in [-0.05, 0) is 34.4 Å². The molecule has 0 saturated carbocycles. The van der Waals surface area contributed by atoms with E-state index in [1.165, 1.54) is 22.3 Å². The molecule has 1 aliphatic carbocycles. The summed E-state index contributed by atoms with van der Waals surface area (Å²) in [5, 5.41) is 10.1. The second kappa shape index (κ2) is 5.01. The van der Waals surface area contributed by atoms with Gasteiger partial charge in [0.1, 0.15) is 17.2 Å². The Morgan fingerprint density at radius 2 is 1.11 bits per heavy atom. The predicted octanol–water partition coefficient (Wildman–Crippen LogP) is 5.86. The third-order valence-corrected chi connectivity index (χ3v) is 5.83. The van der Waals surface area contributed by atoms with Crippen molar-refractivity contribution in [3.8, 4) is 28.4 Å². The number of hydrogen-bond acceptors (Lipinski definition) is 2. The Kier molecular flexibility index (Phi) is 2.72. The molecule has 4 aromatic rings. The highest BCUT2D eigenvalue weighted by atomic mass is 16.5. The van der Waals surface area contributed by atoms with Gasteiger partial charge in [-0.1, -0.05) is 72.8 Å². The maximum atomic E-state index is 10.1. The Balaban J connectivity index is 1.85. The lowest BCUT2D eigenvalue weighted by atomic mass is 9.66. The maximum absolute atomic E-state index is 10.1. The Morgan fingerprint density at radius 1 is 0.556 bits per heavy atom. The van der Waals surface area contributed by atoms with Crippen molar-refractivity contribution < 1.29 is 9.84 Å². The van der Waals surface area contributed by atoms with Crippen molar-refractivity contribution >= 4 is 0 Å². The molecule has 2 aliphatic rings. The molecular formula is C25H16O2. The van der Waals surface area contributed by atoms with Gasteiger partial charge in [-0.2, -0.15) is 0 Å².